The van der Waals surface area contributed by atoms with Crippen LogP contribution in [0.2, 0.25) is 0 Å². The first-order valence-corrected chi connectivity index (χ1v) is 10.8. The topological polar surface area (TPSA) is 103 Å². The molecule has 0 spiro atoms. The molecule has 2 aromatic rings. The van der Waals surface area contributed by atoms with Crippen molar-refractivity contribution in [3.8, 4) is 23.0 Å². The van der Waals surface area contributed by atoms with Gasteiger partial charge in [0.05, 0.1) is 14.2 Å². The van der Waals surface area contributed by atoms with Gasteiger partial charge in [0.2, 0.25) is 22.7 Å². The molecule has 0 aromatic heterocycles. The number of carbonyl (C=O) groups is 1. The molecule has 9 nitrogen and oxygen atoms in total. The molecule has 0 aliphatic carbocycles. The molecule has 2 heterocycles. The van der Waals surface area contributed by atoms with E-state index < -0.39 is 10.0 Å². The Hall–Kier alpha value is -2.98. The number of ether oxygens (including phenoxy) is 4. The number of hydrogen-bond acceptors (Lipinski definition) is 7. The zero-order valence-corrected chi connectivity index (χ0v) is 17.4. The molecule has 0 saturated carbocycles. The smallest absolute Gasteiger partial charge is 0.244 e. The van der Waals surface area contributed by atoms with Gasteiger partial charge in [-0.25, -0.2) is 13.1 Å². The van der Waals surface area contributed by atoms with Crippen LogP contribution in [0.3, 0.4) is 0 Å². The number of nitrogens with one attached hydrogen (secondary N) is 1. The van der Waals surface area contributed by atoms with Crippen LogP contribution < -0.4 is 28.6 Å². The van der Waals surface area contributed by atoms with Gasteiger partial charge in [-0.3, -0.25) is 4.79 Å². The van der Waals surface area contributed by atoms with Gasteiger partial charge in [-0.2, -0.15) is 0 Å². The number of carbonyl (C=O) groups excluding carboxylic acids is 1. The minimum atomic E-state index is -3.85. The Morgan fingerprint density at radius 1 is 1.10 bits per heavy atom. The SMILES string of the molecule is COc1ccc(OC)c(S(=O)(=O)NC[C@@H]2CC(=O)N(c3ccc4c(c3)OCO4)C2)c1. The predicted molar refractivity (Wildman–Crippen MR) is 108 cm³/mol. The van der Waals surface area contributed by atoms with E-state index in [-0.39, 0.29) is 42.2 Å². The maximum atomic E-state index is 12.8. The van der Waals surface area contributed by atoms with Crippen molar-refractivity contribution in [2.75, 3.05) is 39.0 Å². The molecule has 0 radical (unpaired) electrons. The molecule has 0 unspecified atom stereocenters. The normalized spacial score (nSPS) is 18.0. The van der Waals surface area contributed by atoms with E-state index >= 15 is 0 Å². The molecular weight excluding hydrogens is 412 g/mol. The van der Waals surface area contributed by atoms with Gasteiger partial charge < -0.3 is 23.8 Å². The molecule has 2 aromatic carbocycles. The van der Waals surface area contributed by atoms with E-state index in [1.54, 1.807) is 29.2 Å². The van der Waals surface area contributed by atoms with E-state index in [4.69, 9.17) is 18.9 Å². The Morgan fingerprint density at radius 3 is 2.67 bits per heavy atom. The predicted octanol–water partition coefficient (Wildman–Crippen LogP) is 1.76. The third kappa shape index (κ3) is 3.88. The largest absolute Gasteiger partial charge is 0.497 e. The van der Waals surface area contributed by atoms with E-state index in [9.17, 15) is 13.2 Å². The van der Waals surface area contributed by atoms with Gasteiger partial charge in [-0.05, 0) is 30.2 Å². The maximum absolute atomic E-state index is 12.8. The Morgan fingerprint density at radius 2 is 1.90 bits per heavy atom. The van der Waals surface area contributed by atoms with Gasteiger partial charge in [-0.1, -0.05) is 0 Å². The fourth-order valence-electron chi connectivity index (χ4n) is 3.52. The number of benzene rings is 2. The zero-order valence-electron chi connectivity index (χ0n) is 16.6. The summed E-state index contributed by atoms with van der Waals surface area (Å²) in [6.07, 6.45) is 0.242. The highest BCUT2D eigenvalue weighted by molar-refractivity contribution is 7.89. The molecular formula is C20H22N2O7S. The quantitative estimate of drug-likeness (QED) is 0.708. The molecule has 2 aliphatic heterocycles. The van der Waals surface area contributed by atoms with Crippen LogP contribution in [0.1, 0.15) is 6.42 Å². The third-order valence-corrected chi connectivity index (χ3v) is 6.54. The van der Waals surface area contributed by atoms with Crippen LogP contribution in [-0.2, 0) is 14.8 Å². The molecule has 1 N–H and O–H groups in total. The number of amides is 1. The van der Waals surface area contributed by atoms with E-state index in [1.165, 1.54) is 26.4 Å². The van der Waals surface area contributed by atoms with Crippen molar-refractivity contribution in [1.29, 1.82) is 0 Å². The standard InChI is InChI=1S/C20H22N2O7S/c1-26-15-4-6-17(27-2)19(9-15)30(24,25)21-10-13-7-20(23)22(11-13)14-3-5-16-18(8-14)29-12-28-16/h3-6,8-9,13,21H,7,10-12H2,1-2H3/t13-/m0/s1. The Labute approximate surface area is 174 Å². The molecule has 0 bridgehead atoms. The second kappa shape index (κ2) is 8.04. The van der Waals surface area contributed by atoms with E-state index in [0.29, 0.717) is 29.5 Å². The highest BCUT2D eigenvalue weighted by Crippen LogP contribution is 2.37. The van der Waals surface area contributed by atoms with Crippen LogP contribution >= 0.6 is 0 Å². The second-order valence-corrected chi connectivity index (χ2v) is 8.72. The lowest BCUT2D eigenvalue weighted by atomic mass is 10.1. The van der Waals surface area contributed by atoms with Crippen molar-refractivity contribution in [1.82, 2.24) is 4.72 Å². The summed E-state index contributed by atoms with van der Waals surface area (Å²) >= 11 is 0. The Balaban J connectivity index is 1.45. The van der Waals surface area contributed by atoms with Gasteiger partial charge in [0.25, 0.3) is 0 Å². The highest BCUT2D eigenvalue weighted by atomic mass is 32.2. The molecule has 160 valence electrons. The first kappa shape index (κ1) is 20.3. The number of nitrogens with zero attached hydrogens (tertiary/aromatic N) is 1. The Kier molecular flexibility index (Phi) is 5.44. The number of methoxy groups -OCH3 is 2. The molecule has 10 heteroatoms. The summed E-state index contributed by atoms with van der Waals surface area (Å²) in [7, 11) is -0.991. The average Bonchev–Trinajstić information content (AvgIpc) is 3.37. The lowest BCUT2D eigenvalue weighted by Crippen LogP contribution is -2.31. The van der Waals surface area contributed by atoms with E-state index in [2.05, 4.69) is 4.72 Å². The molecule has 1 saturated heterocycles. The number of sulfonamides is 1. The van der Waals surface area contributed by atoms with Crippen LogP contribution in [0.5, 0.6) is 23.0 Å². The van der Waals surface area contributed by atoms with Crippen molar-refractivity contribution in [3.63, 3.8) is 0 Å². The lowest BCUT2D eigenvalue weighted by molar-refractivity contribution is -0.117. The van der Waals surface area contributed by atoms with Crippen LogP contribution in [0, 0.1) is 5.92 Å². The fraction of sp³-hybridized carbons (Fsp3) is 0.350. The molecule has 1 atom stereocenters. The minimum absolute atomic E-state index is 0.0127. The van der Waals surface area contributed by atoms with Crippen molar-refractivity contribution in [2.45, 2.75) is 11.3 Å². The first-order valence-electron chi connectivity index (χ1n) is 9.33. The van der Waals surface area contributed by atoms with Crippen LogP contribution in [-0.4, -0.2) is 48.4 Å². The van der Waals surface area contributed by atoms with Gasteiger partial charge in [-0.15, -0.1) is 0 Å². The van der Waals surface area contributed by atoms with E-state index in [1.807, 2.05) is 0 Å². The maximum Gasteiger partial charge on any atom is 0.244 e. The van der Waals surface area contributed by atoms with Crippen molar-refractivity contribution < 1.29 is 32.2 Å². The molecule has 30 heavy (non-hydrogen) atoms. The van der Waals surface area contributed by atoms with Crippen molar-refractivity contribution in [2.24, 2.45) is 5.92 Å². The molecule has 2 aliphatic rings. The first-order chi connectivity index (χ1) is 14.4. The van der Waals surface area contributed by atoms with Gasteiger partial charge >= 0.3 is 0 Å². The molecule has 1 fully saturated rings. The summed E-state index contributed by atoms with van der Waals surface area (Å²) in [5, 5.41) is 0. The second-order valence-electron chi connectivity index (χ2n) is 6.98. The van der Waals surface area contributed by atoms with Crippen molar-refractivity contribution >= 4 is 21.6 Å². The highest BCUT2D eigenvalue weighted by Gasteiger charge is 2.33. The Bertz CT molecular complexity index is 1070. The monoisotopic (exact) mass is 434 g/mol. The zero-order chi connectivity index (χ0) is 21.3. The third-order valence-electron chi connectivity index (χ3n) is 5.10. The van der Waals surface area contributed by atoms with Gasteiger partial charge in [0.1, 0.15) is 16.4 Å². The molecule has 1 amide bonds. The van der Waals surface area contributed by atoms with Crippen LogP contribution in [0.4, 0.5) is 5.69 Å². The lowest BCUT2D eigenvalue weighted by Gasteiger charge is -2.18. The van der Waals surface area contributed by atoms with Crippen LogP contribution in [0.15, 0.2) is 41.3 Å². The van der Waals surface area contributed by atoms with E-state index in [0.717, 1.165) is 0 Å². The van der Waals surface area contributed by atoms with Crippen LogP contribution in [0.25, 0.3) is 0 Å². The number of hydrogen-bond donors (Lipinski definition) is 1. The summed E-state index contributed by atoms with van der Waals surface area (Å²) in [4.78, 5) is 14.1. The average molecular weight is 434 g/mol. The fourth-order valence-corrected chi connectivity index (χ4v) is 4.82. The summed E-state index contributed by atoms with van der Waals surface area (Å²) in [6.45, 7) is 0.677. The summed E-state index contributed by atoms with van der Waals surface area (Å²) in [6, 6.07) is 9.87. The van der Waals surface area contributed by atoms with Gasteiger partial charge in [0, 0.05) is 37.3 Å². The number of anilines is 1. The summed E-state index contributed by atoms with van der Waals surface area (Å²) in [5.41, 5.74) is 0.698. The number of rotatable bonds is 7. The summed E-state index contributed by atoms with van der Waals surface area (Å²) in [5.74, 6) is 1.61. The summed E-state index contributed by atoms with van der Waals surface area (Å²) < 4.78 is 49.2. The van der Waals surface area contributed by atoms with Gasteiger partial charge in [0.15, 0.2) is 11.5 Å². The minimum Gasteiger partial charge on any atom is -0.497 e. The number of fused-ring (bicyclic) bond motifs is 1. The molecule has 4 rings (SSSR count). The van der Waals surface area contributed by atoms with Crippen molar-refractivity contribution in [3.05, 3.63) is 36.4 Å².